The van der Waals surface area contributed by atoms with E-state index in [-0.39, 0.29) is 0 Å². The largest absolute Gasteiger partial charge is 0.309 e. The Hall–Kier alpha value is -2.87. The van der Waals surface area contributed by atoms with Gasteiger partial charge in [-0.3, -0.25) is 4.99 Å². The molecule has 0 fully saturated rings. The molecule has 3 aromatic carbocycles. The number of aliphatic imine (C=N–C) groups is 1. The van der Waals surface area contributed by atoms with Gasteiger partial charge < -0.3 is 4.57 Å². The number of para-hydroxylation sites is 2. The molecular formula is C20H16N2. The van der Waals surface area contributed by atoms with E-state index in [1.807, 2.05) is 0 Å². The molecule has 1 heterocycles. The molecule has 0 unspecified atom stereocenters. The van der Waals surface area contributed by atoms with E-state index in [9.17, 15) is 0 Å². The maximum atomic E-state index is 3.94. The summed E-state index contributed by atoms with van der Waals surface area (Å²) in [6.07, 6.45) is 0. The van der Waals surface area contributed by atoms with E-state index < -0.39 is 0 Å². The third kappa shape index (κ3) is 1.92. The van der Waals surface area contributed by atoms with Crippen LogP contribution in [0.5, 0.6) is 0 Å². The number of hydrogen-bond donors (Lipinski definition) is 0. The van der Waals surface area contributed by atoms with E-state index in [2.05, 4.69) is 89.1 Å². The predicted molar refractivity (Wildman–Crippen MR) is 94.0 cm³/mol. The lowest BCUT2D eigenvalue weighted by Crippen LogP contribution is -1.94. The minimum absolute atomic E-state index is 0.660. The molecule has 22 heavy (non-hydrogen) atoms. The van der Waals surface area contributed by atoms with Crippen LogP contribution >= 0.6 is 0 Å². The van der Waals surface area contributed by atoms with Gasteiger partial charge in [0.05, 0.1) is 17.6 Å². The molecule has 0 aliphatic heterocycles. The zero-order chi connectivity index (χ0) is 14.9. The standard InChI is InChI=1S/C20H16N2/c1-21-14-15-10-12-16(13-11-15)22-19-8-4-2-6-17(19)18-7-3-5-9-20(18)22/h2-13H,1,14H2. The van der Waals surface area contributed by atoms with Crippen LogP contribution in [0.1, 0.15) is 5.56 Å². The van der Waals surface area contributed by atoms with Gasteiger partial charge in [-0.25, -0.2) is 0 Å². The molecule has 1 aromatic heterocycles. The molecule has 2 heteroatoms. The Morgan fingerprint density at radius 1 is 0.727 bits per heavy atom. The van der Waals surface area contributed by atoms with Gasteiger partial charge >= 0.3 is 0 Å². The average molecular weight is 284 g/mol. The van der Waals surface area contributed by atoms with Crippen molar-refractivity contribution in [3.63, 3.8) is 0 Å². The van der Waals surface area contributed by atoms with Crippen molar-refractivity contribution < 1.29 is 0 Å². The third-order valence-corrected chi connectivity index (χ3v) is 4.07. The number of fused-ring (bicyclic) bond motifs is 3. The van der Waals surface area contributed by atoms with Crippen LogP contribution in [-0.4, -0.2) is 11.3 Å². The normalized spacial score (nSPS) is 11.1. The average Bonchev–Trinajstić information content (AvgIpc) is 2.91. The van der Waals surface area contributed by atoms with Crippen LogP contribution in [0.2, 0.25) is 0 Å². The Morgan fingerprint density at radius 3 is 1.82 bits per heavy atom. The highest BCUT2D eigenvalue weighted by molar-refractivity contribution is 6.09. The molecule has 2 nitrogen and oxygen atoms in total. The number of aromatic nitrogens is 1. The van der Waals surface area contributed by atoms with Crippen molar-refractivity contribution >= 4 is 28.5 Å². The Balaban J connectivity index is 2.01. The highest BCUT2D eigenvalue weighted by atomic mass is 15.0. The summed E-state index contributed by atoms with van der Waals surface area (Å²) >= 11 is 0. The maximum Gasteiger partial charge on any atom is 0.0632 e. The van der Waals surface area contributed by atoms with Gasteiger partial charge in [-0.05, 0) is 36.5 Å². The maximum absolute atomic E-state index is 3.94. The van der Waals surface area contributed by atoms with Gasteiger partial charge in [0.15, 0.2) is 0 Å². The second-order valence-corrected chi connectivity index (χ2v) is 5.42. The quantitative estimate of drug-likeness (QED) is 0.472. The molecule has 0 aliphatic rings. The number of rotatable bonds is 3. The number of benzene rings is 3. The summed E-state index contributed by atoms with van der Waals surface area (Å²) in [7, 11) is 0. The summed E-state index contributed by atoms with van der Waals surface area (Å²) in [4.78, 5) is 3.94. The van der Waals surface area contributed by atoms with Crippen molar-refractivity contribution in [2.24, 2.45) is 4.99 Å². The second kappa shape index (κ2) is 5.15. The van der Waals surface area contributed by atoms with Crippen LogP contribution < -0.4 is 0 Å². The molecule has 0 atom stereocenters. The van der Waals surface area contributed by atoms with Gasteiger partial charge in [0.1, 0.15) is 0 Å². The fourth-order valence-electron chi connectivity index (χ4n) is 3.08. The molecule has 0 saturated heterocycles. The van der Waals surface area contributed by atoms with Crippen LogP contribution in [0, 0.1) is 0 Å². The fraction of sp³-hybridized carbons (Fsp3) is 0.0500. The first kappa shape index (κ1) is 12.8. The molecule has 4 rings (SSSR count). The summed E-state index contributed by atoms with van der Waals surface area (Å²) in [5.74, 6) is 0. The lowest BCUT2D eigenvalue weighted by atomic mass is 10.2. The monoisotopic (exact) mass is 284 g/mol. The second-order valence-electron chi connectivity index (χ2n) is 5.42. The van der Waals surface area contributed by atoms with Crippen molar-refractivity contribution in [2.75, 3.05) is 0 Å². The van der Waals surface area contributed by atoms with Gasteiger partial charge in [0.2, 0.25) is 0 Å². The highest BCUT2D eigenvalue weighted by Gasteiger charge is 2.10. The van der Waals surface area contributed by atoms with Crippen LogP contribution in [0.25, 0.3) is 27.5 Å². The van der Waals surface area contributed by atoms with Crippen LogP contribution in [0.3, 0.4) is 0 Å². The number of hydrogen-bond acceptors (Lipinski definition) is 1. The zero-order valence-electron chi connectivity index (χ0n) is 12.2. The van der Waals surface area contributed by atoms with Crippen LogP contribution in [-0.2, 0) is 6.54 Å². The summed E-state index contributed by atoms with van der Waals surface area (Å²) < 4.78 is 2.32. The molecular weight excluding hydrogens is 268 g/mol. The molecule has 0 aliphatic carbocycles. The lowest BCUT2D eigenvalue weighted by molar-refractivity contribution is 1.07. The summed E-state index contributed by atoms with van der Waals surface area (Å²) in [6.45, 7) is 4.22. The first-order chi connectivity index (χ1) is 10.9. The van der Waals surface area contributed by atoms with Gasteiger partial charge in [-0.1, -0.05) is 48.5 Å². The molecule has 0 spiro atoms. The number of nitrogens with zero attached hydrogens (tertiary/aromatic N) is 2. The van der Waals surface area contributed by atoms with E-state index in [0.717, 1.165) is 0 Å². The Kier molecular flexibility index (Phi) is 3.01. The van der Waals surface area contributed by atoms with Crippen molar-refractivity contribution in [2.45, 2.75) is 6.54 Å². The minimum Gasteiger partial charge on any atom is -0.309 e. The van der Waals surface area contributed by atoms with E-state index in [4.69, 9.17) is 0 Å². The van der Waals surface area contributed by atoms with Crippen molar-refractivity contribution in [1.29, 1.82) is 0 Å². The van der Waals surface area contributed by atoms with Gasteiger partial charge in [0, 0.05) is 16.5 Å². The molecule has 4 aromatic rings. The molecule has 0 N–H and O–H groups in total. The van der Waals surface area contributed by atoms with Crippen molar-refractivity contribution in [1.82, 2.24) is 4.57 Å². The van der Waals surface area contributed by atoms with Crippen LogP contribution in [0.4, 0.5) is 0 Å². The molecule has 0 bridgehead atoms. The van der Waals surface area contributed by atoms with Gasteiger partial charge in [0.25, 0.3) is 0 Å². The minimum atomic E-state index is 0.660. The van der Waals surface area contributed by atoms with Crippen molar-refractivity contribution in [3.05, 3.63) is 78.4 Å². The predicted octanol–water partition coefficient (Wildman–Crippen LogP) is 4.98. The van der Waals surface area contributed by atoms with E-state index in [0.29, 0.717) is 6.54 Å². The first-order valence-electron chi connectivity index (χ1n) is 7.38. The molecule has 0 amide bonds. The molecule has 106 valence electrons. The summed E-state index contributed by atoms with van der Waals surface area (Å²) in [5.41, 5.74) is 4.82. The molecule has 0 radical (unpaired) electrons. The molecule has 0 saturated carbocycles. The van der Waals surface area contributed by atoms with E-state index in [1.54, 1.807) is 0 Å². The Bertz CT molecular complexity index is 909. The van der Waals surface area contributed by atoms with Crippen LogP contribution in [0.15, 0.2) is 77.8 Å². The summed E-state index contributed by atoms with van der Waals surface area (Å²) in [5, 5.41) is 2.57. The van der Waals surface area contributed by atoms with Gasteiger partial charge in [-0.15, -0.1) is 0 Å². The topological polar surface area (TPSA) is 17.3 Å². The van der Waals surface area contributed by atoms with E-state index in [1.165, 1.54) is 33.1 Å². The smallest absolute Gasteiger partial charge is 0.0632 e. The Labute approximate surface area is 129 Å². The first-order valence-corrected chi connectivity index (χ1v) is 7.38. The van der Waals surface area contributed by atoms with Gasteiger partial charge in [-0.2, -0.15) is 0 Å². The van der Waals surface area contributed by atoms with E-state index >= 15 is 0 Å². The fourth-order valence-corrected chi connectivity index (χ4v) is 3.08. The third-order valence-electron chi connectivity index (χ3n) is 4.07. The zero-order valence-corrected chi connectivity index (χ0v) is 12.2. The Morgan fingerprint density at radius 2 is 1.27 bits per heavy atom. The summed E-state index contributed by atoms with van der Waals surface area (Å²) in [6, 6.07) is 25.6. The van der Waals surface area contributed by atoms with Crippen molar-refractivity contribution in [3.8, 4) is 5.69 Å². The lowest BCUT2D eigenvalue weighted by Gasteiger charge is -2.08. The highest BCUT2D eigenvalue weighted by Crippen LogP contribution is 2.31. The SMILES string of the molecule is C=NCc1ccc(-n2c3ccccc3c3ccccc32)cc1.